The molecule has 13 heteroatoms. The van der Waals surface area contributed by atoms with Crippen molar-refractivity contribution in [2.45, 2.75) is 12.0 Å². The van der Waals surface area contributed by atoms with Crippen molar-refractivity contribution in [3.63, 3.8) is 0 Å². The zero-order chi connectivity index (χ0) is 9.50. The molecule has 0 spiro atoms. The van der Waals surface area contributed by atoms with Crippen LogP contribution in [0.15, 0.2) is 0 Å². The van der Waals surface area contributed by atoms with Gasteiger partial charge in [0.05, 0.1) is 0 Å². The van der Waals surface area contributed by atoms with Gasteiger partial charge in [-0.1, -0.05) is 0 Å². The van der Waals surface area contributed by atoms with Gasteiger partial charge in [-0.15, -0.1) is 0 Å². The van der Waals surface area contributed by atoms with Crippen molar-refractivity contribution >= 4 is 221 Å². The van der Waals surface area contributed by atoms with E-state index in [4.69, 9.17) is 24.7 Å². The van der Waals surface area contributed by atoms with Crippen LogP contribution in [0.4, 0.5) is 0 Å². The van der Waals surface area contributed by atoms with Gasteiger partial charge in [-0.2, -0.15) is 0 Å². The summed E-state index contributed by atoms with van der Waals surface area (Å²) >= 11 is 0. The molecular formula is C2H12K4O7P2. The Balaban J connectivity index is -0.0000000833. The van der Waals surface area contributed by atoms with Crippen LogP contribution in [0.1, 0.15) is 6.92 Å². The molecule has 0 saturated heterocycles. The van der Waals surface area contributed by atoms with Crippen LogP contribution in [-0.2, 0) is 9.13 Å². The van der Waals surface area contributed by atoms with Crippen LogP contribution in [0.2, 0.25) is 0 Å². The van der Waals surface area contributed by atoms with Crippen molar-refractivity contribution in [3.05, 3.63) is 0 Å². The summed E-state index contributed by atoms with van der Waals surface area (Å²) in [4.78, 5) is 33.0. The van der Waals surface area contributed by atoms with E-state index in [2.05, 4.69) is 0 Å². The van der Waals surface area contributed by atoms with Crippen LogP contribution in [0.3, 0.4) is 0 Å². The summed E-state index contributed by atoms with van der Waals surface area (Å²) in [5.74, 6) is 0. The molecule has 5 N–H and O–H groups in total. The second-order valence-corrected chi connectivity index (χ2v) is 6.33. The minimum absolute atomic E-state index is 0. The van der Waals surface area contributed by atoms with E-state index in [0.717, 1.165) is 0 Å². The van der Waals surface area contributed by atoms with Crippen LogP contribution < -0.4 is 0 Å². The Morgan fingerprint density at radius 2 is 0.933 bits per heavy atom. The zero-order valence-electron chi connectivity index (χ0n) is 5.45. The Morgan fingerprint density at radius 1 is 0.800 bits per heavy atom. The Kier molecular flexibility index (Phi) is 29.6. The predicted octanol–water partition coefficient (Wildman–Crippen LogP) is -3.59. The number of aliphatic hydroxyl groups is 1. The summed E-state index contributed by atoms with van der Waals surface area (Å²) in [5, 5.41) is 5.37. The van der Waals surface area contributed by atoms with Crippen LogP contribution in [0.5, 0.6) is 0 Å². The second kappa shape index (κ2) is 13.3. The van der Waals surface area contributed by atoms with E-state index in [0.29, 0.717) is 6.92 Å². The van der Waals surface area contributed by atoms with E-state index in [-0.39, 0.29) is 206 Å². The predicted molar refractivity (Wildman–Crippen MR) is 63.3 cm³/mol. The van der Waals surface area contributed by atoms with Crippen molar-refractivity contribution < 1.29 is 33.8 Å². The molecule has 0 amide bonds. The van der Waals surface area contributed by atoms with Crippen molar-refractivity contribution in [2.24, 2.45) is 0 Å². The number of hydrogen-bond donors (Lipinski definition) is 5. The van der Waals surface area contributed by atoms with Gasteiger partial charge in [-0.3, -0.25) is 9.13 Å². The van der Waals surface area contributed by atoms with Gasteiger partial charge >= 0.3 is 221 Å². The van der Waals surface area contributed by atoms with E-state index in [1.165, 1.54) is 0 Å². The van der Waals surface area contributed by atoms with Crippen molar-refractivity contribution in [1.29, 1.82) is 0 Å². The summed E-state index contributed by atoms with van der Waals surface area (Å²) in [5.41, 5.74) is 0. The van der Waals surface area contributed by atoms with E-state index in [9.17, 15) is 9.13 Å². The molecule has 0 bridgehead atoms. The number of hydrogen-bond acceptors (Lipinski definition) is 3. The molecule has 0 aliphatic carbocycles. The average Bonchev–Trinajstić information content (AvgIpc) is 1.58. The monoisotopic (exact) mass is 366 g/mol. The Morgan fingerprint density at radius 3 is 0.933 bits per heavy atom. The fourth-order valence-corrected chi connectivity index (χ4v) is 1.53. The van der Waals surface area contributed by atoms with Gasteiger partial charge in [0.1, 0.15) is 0 Å². The Hall–Kier alpha value is 6.81. The van der Waals surface area contributed by atoms with Crippen molar-refractivity contribution in [3.8, 4) is 0 Å². The molecule has 0 aliphatic heterocycles. The van der Waals surface area contributed by atoms with Gasteiger partial charge in [0.15, 0.2) is 0 Å². The molecule has 0 aromatic rings. The number of rotatable bonds is 2. The molecule has 0 aromatic carbocycles. The second-order valence-electron chi connectivity index (χ2n) is 2.06. The third-order valence-corrected chi connectivity index (χ3v) is 4.87. The van der Waals surface area contributed by atoms with E-state index >= 15 is 0 Å². The molecule has 0 fully saturated rings. The third kappa shape index (κ3) is 12.0. The van der Waals surface area contributed by atoms with Gasteiger partial charge in [-0.25, -0.2) is 0 Å². The van der Waals surface area contributed by atoms with E-state index in [1.54, 1.807) is 0 Å². The zero-order valence-corrected chi connectivity index (χ0v) is 7.24. The summed E-state index contributed by atoms with van der Waals surface area (Å²) in [6, 6.07) is 0. The molecular weight excluding hydrogens is 354 g/mol. The van der Waals surface area contributed by atoms with Gasteiger partial charge < -0.3 is 24.7 Å². The first-order valence-electron chi connectivity index (χ1n) is 2.34. The maximum absolute atomic E-state index is 10.3. The molecule has 0 atom stereocenters. The first-order chi connectivity index (χ1) is 4.50. The molecule has 0 radical (unpaired) electrons. The first-order valence-corrected chi connectivity index (χ1v) is 5.56. The fraction of sp³-hybridized carbons (Fsp3) is 1.00. The summed E-state index contributed by atoms with van der Waals surface area (Å²) < 4.78 is 20.5. The summed E-state index contributed by atoms with van der Waals surface area (Å²) in [6.07, 6.45) is 0. The third-order valence-electron chi connectivity index (χ3n) is 1.10. The molecule has 76 valence electrons. The Labute approximate surface area is 258 Å². The fourth-order valence-electron chi connectivity index (χ4n) is 0.170. The van der Waals surface area contributed by atoms with Crippen LogP contribution in [0, 0.1) is 0 Å². The molecule has 0 aromatic heterocycles. The molecule has 0 aliphatic rings. The van der Waals surface area contributed by atoms with Gasteiger partial charge in [-0.05, 0) is 6.92 Å². The maximum atomic E-state index is 10.3. The topological polar surface area (TPSA) is 135 Å². The normalized spacial score (nSPS) is 11.1. The van der Waals surface area contributed by atoms with E-state index < -0.39 is 20.3 Å². The SMILES string of the molecule is CC(O)(P(=O)(O)O)P(=O)(O)O.[KH].[KH].[KH].[KH]. The van der Waals surface area contributed by atoms with Crippen molar-refractivity contribution in [1.82, 2.24) is 0 Å². The van der Waals surface area contributed by atoms with Gasteiger partial charge in [0.2, 0.25) is 0 Å². The standard InChI is InChI=1S/C2H8O7P2.4K.4H/c1-2(3,10(4,5)6)11(7,8)9;;;;;;;;/h3H,1H3,(H2,4,5,6)(H2,7,8,9);;;;;;;;. The summed E-state index contributed by atoms with van der Waals surface area (Å²) in [6.45, 7) is 0.383. The van der Waals surface area contributed by atoms with Crippen LogP contribution >= 0.6 is 15.2 Å². The first kappa shape index (κ1) is 33.4. The molecule has 0 saturated carbocycles. The molecule has 0 unspecified atom stereocenters. The van der Waals surface area contributed by atoms with Crippen LogP contribution in [0.25, 0.3) is 0 Å². The van der Waals surface area contributed by atoms with Crippen molar-refractivity contribution in [2.75, 3.05) is 0 Å². The van der Waals surface area contributed by atoms with Crippen LogP contribution in [-0.4, -0.2) is 235 Å². The van der Waals surface area contributed by atoms with Gasteiger partial charge in [0, 0.05) is 0 Å². The Bertz CT molecular complexity index is 219. The average molecular weight is 366 g/mol. The molecule has 7 nitrogen and oxygen atoms in total. The molecule has 0 heterocycles. The van der Waals surface area contributed by atoms with Gasteiger partial charge in [0.25, 0.3) is 5.08 Å². The minimum atomic E-state index is -5.20. The molecule has 15 heavy (non-hydrogen) atoms. The summed E-state index contributed by atoms with van der Waals surface area (Å²) in [7, 11) is -10.4. The molecule has 0 rings (SSSR count). The quantitative estimate of drug-likeness (QED) is 0.252. The van der Waals surface area contributed by atoms with E-state index in [1.807, 2.05) is 0 Å².